The van der Waals surface area contributed by atoms with Crippen LogP contribution in [0.5, 0.6) is 0 Å². The smallest absolute Gasteiger partial charge is 0.0236 e. The summed E-state index contributed by atoms with van der Waals surface area (Å²) in [6.45, 7) is 4.53. The number of hydrogen-bond donors (Lipinski definition) is 2. The predicted molar refractivity (Wildman–Crippen MR) is 80.3 cm³/mol. The normalized spacial score (nSPS) is 25.8. The van der Waals surface area contributed by atoms with Crippen molar-refractivity contribution in [2.45, 2.75) is 63.6 Å². The molecule has 19 heavy (non-hydrogen) atoms. The highest BCUT2D eigenvalue weighted by atomic mass is 15.0. The molecule has 0 bridgehead atoms. The second-order valence-corrected chi connectivity index (χ2v) is 6.55. The first-order valence-corrected chi connectivity index (χ1v) is 7.80. The molecule has 2 heteroatoms. The van der Waals surface area contributed by atoms with E-state index in [0.717, 1.165) is 13.1 Å². The third kappa shape index (κ3) is 3.18. The Balaban J connectivity index is 1.54. The third-order valence-electron chi connectivity index (χ3n) is 4.90. The van der Waals surface area contributed by atoms with Crippen LogP contribution in [0.25, 0.3) is 0 Å². The molecular formula is C17H26N2. The number of fused-ring (bicyclic) bond motifs is 1. The monoisotopic (exact) mass is 258 g/mol. The maximum atomic E-state index is 3.84. The topological polar surface area (TPSA) is 24.1 Å². The van der Waals surface area contributed by atoms with Crippen LogP contribution in [0.3, 0.4) is 0 Å². The summed E-state index contributed by atoms with van der Waals surface area (Å²) >= 11 is 0. The van der Waals surface area contributed by atoms with E-state index >= 15 is 0 Å². The Labute approximate surface area is 117 Å². The molecule has 1 atom stereocenters. The highest BCUT2D eigenvalue weighted by Crippen LogP contribution is 2.27. The van der Waals surface area contributed by atoms with Gasteiger partial charge in [-0.25, -0.2) is 0 Å². The van der Waals surface area contributed by atoms with Gasteiger partial charge in [-0.05, 0) is 37.3 Å². The second-order valence-electron chi connectivity index (χ2n) is 6.55. The van der Waals surface area contributed by atoms with Crippen molar-refractivity contribution < 1.29 is 0 Å². The van der Waals surface area contributed by atoms with E-state index in [1.54, 1.807) is 0 Å². The molecule has 1 aromatic rings. The Morgan fingerprint density at radius 3 is 2.68 bits per heavy atom. The summed E-state index contributed by atoms with van der Waals surface area (Å²) in [5.41, 5.74) is 3.39. The van der Waals surface area contributed by atoms with Crippen molar-refractivity contribution in [1.82, 2.24) is 10.6 Å². The molecule has 1 aromatic carbocycles. The van der Waals surface area contributed by atoms with Crippen LogP contribution in [0.1, 0.15) is 50.2 Å². The summed E-state index contributed by atoms with van der Waals surface area (Å²) in [7, 11) is 0. The molecule has 2 aliphatic rings. The standard InChI is InChI=1S/C17H26N2/c1-17(9-5-2-6-10-17)19-13-16-11-14-7-3-4-8-15(14)12-18-16/h3-4,7-8,16,18-19H,2,5-6,9-13H2,1H3. The molecule has 0 radical (unpaired) electrons. The first-order chi connectivity index (χ1) is 9.25. The van der Waals surface area contributed by atoms with E-state index in [1.807, 2.05) is 0 Å². The molecule has 1 aliphatic carbocycles. The lowest BCUT2D eigenvalue weighted by atomic mass is 9.83. The fourth-order valence-corrected chi connectivity index (χ4v) is 3.54. The SMILES string of the molecule is CC1(NCC2Cc3ccccc3CN2)CCCCC1. The molecule has 0 amide bonds. The van der Waals surface area contributed by atoms with Gasteiger partial charge >= 0.3 is 0 Å². The van der Waals surface area contributed by atoms with Gasteiger partial charge in [0.1, 0.15) is 0 Å². The van der Waals surface area contributed by atoms with E-state index < -0.39 is 0 Å². The van der Waals surface area contributed by atoms with Gasteiger partial charge in [0.25, 0.3) is 0 Å². The third-order valence-corrected chi connectivity index (χ3v) is 4.90. The fourth-order valence-electron chi connectivity index (χ4n) is 3.54. The van der Waals surface area contributed by atoms with Crippen LogP contribution in [0.15, 0.2) is 24.3 Å². The van der Waals surface area contributed by atoms with Gasteiger partial charge in [0.15, 0.2) is 0 Å². The zero-order valence-electron chi connectivity index (χ0n) is 12.0. The van der Waals surface area contributed by atoms with Crippen LogP contribution < -0.4 is 10.6 Å². The van der Waals surface area contributed by atoms with Crippen LogP contribution in [-0.4, -0.2) is 18.1 Å². The number of hydrogen-bond acceptors (Lipinski definition) is 2. The summed E-state index contributed by atoms with van der Waals surface area (Å²) in [6.07, 6.45) is 8.06. The minimum absolute atomic E-state index is 0.386. The lowest BCUT2D eigenvalue weighted by Gasteiger charge is -2.37. The van der Waals surface area contributed by atoms with Crippen molar-refractivity contribution in [3.63, 3.8) is 0 Å². The Morgan fingerprint density at radius 2 is 1.89 bits per heavy atom. The van der Waals surface area contributed by atoms with E-state index in [2.05, 4.69) is 41.8 Å². The summed E-state index contributed by atoms with van der Waals surface area (Å²) in [6, 6.07) is 9.42. The lowest BCUT2D eigenvalue weighted by Crippen LogP contribution is -2.51. The predicted octanol–water partition coefficient (Wildman–Crippen LogP) is 3.01. The molecule has 2 nitrogen and oxygen atoms in total. The maximum Gasteiger partial charge on any atom is 0.0236 e. The minimum atomic E-state index is 0.386. The molecule has 3 rings (SSSR count). The van der Waals surface area contributed by atoms with Gasteiger partial charge in [0.2, 0.25) is 0 Å². The first kappa shape index (κ1) is 13.1. The highest BCUT2D eigenvalue weighted by molar-refractivity contribution is 5.29. The van der Waals surface area contributed by atoms with E-state index in [0.29, 0.717) is 11.6 Å². The Morgan fingerprint density at radius 1 is 1.16 bits per heavy atom. The zero-order chi connectivity index (χ0) is 13.1. The molecule has 1 aliphatic heterocycles. The molecule has 0 saturated heterocycles. The molecule has 1 unspecified atom stereocenters. The maximum absolute atomic E-state index is 3.84. The first-order valence-electron chi connectivity index (χ1n) is 7.80. The molecule has 0 aromatic heterocycles. The van der Waals surface area contributed by atoms with Crippen molar-refractivity contribution in [1.29, 1.82) is 0 Å². The quantitative estimate of drug-likeness (QED) is 0.871. The van der Waals surface area contributed by atoms with Crippen LogP contribution in [0.4, 0.5) is 0 Å². The average molecular weight is 258 g/mol. The van der Waals surface area contributed by atoms with Gasteiger partial charge in [-0.2, -0.15) is 0 Å². The van der Waals surface area contributed by atoms with E-state index in [9.17, 15) is 0 Å². The summed E-state index contributed by atoms with van der Waals surface area (Å²) < 4.78 is 0. The number of benzene rings is 1. The van der Waals surface area contributed by atoms with Crippen molar-refractivity contribution in [2.75, 3.05) is 6.54 Å². The average Bonchev–Trinajstić information content (AvgIpc) is 2.46. The van der Waals surface area contributed by atoms with E-state index in [4.69, 9.17) is 0 Å². The molecule has 104 valence electrons. The van der Waals surface area contributed by atoms with Crippen molar-refractivity contribution in [2.24, 2.45) is 0 Å². The van der Waals surface area contributed by atoms with Crippen molar-refractivity contribution >= 4 is 0 Å². The summed E-state index contributed by atoms with van der Waals surface area (Å²) in [5.74, 6) is 0. The lowest BCUT2D eigenvalue weighted by molar-refractivity contribution is 0.242. The number of rotatable bonds is 3. The molecular weight excluding hydrogens is 232 g/mol. The molecule has 0 spiro atoms. The van der Waals surface area contributed by atoms with Gasteiger partial charge in [0, 0.05) is 24.7 Å². The minimum Gasteiger partial charge on any atom is -0.310 e. The zero-order valence-corrected chi connectivity index (χ0v) is 12.0. The Bertz CT molecular complexity index is 421. The molecule has 1 saturated carbocycles. The summed E-state index contributed by atoms with van der Waals surface area (Å²) in [5, 5.41) is 7.51. The van der Waals surface area contributed by atoms with Crippen LogP contribution in [0.2, 0.25) is 0 Å². The molecule has 1 fully saturated rings. The molecule has 1 heterocycles. The summed E-state index contributed by atoms with van der Waals surface area (Å²) in [4.78, 5) is 0. The fraction of sp³-hybridized carbons (Fsp3) is 0.647. The Hall–Kier alpha value is -0.860. The van der Waals surface area contributed by atoms with Crippen molar-refractivity contribution in [3.8, 4) is 0 Å². The van der Waals surface area contributed by atoms with Gasteiger partial charge in [-0.15, -0.1) is 0 Å². The van der Waals surface area contributed by atoms with Crippen LogP contribution >= 0.6 is 0 Å². The van der Waals surface area contributed by atoms with E-state index in [-0.39, 0.29) is 0 Å². The second kappa shape index (κ2) is 5.64. The highest BCUT2D eigenvalue weighted by Gasteiger charge is 2.27. The largest absolute Gasteiger partial charge is 0.310 e. The van der Waals surface area contributed by atoms with Crippen LogP contribution in [-0.2, 0) is 13.0 Å². The Kier molecular flexibility index (Phi) is 3.90. The van der Waals surface area contributed by atoms with Gasteiger partial charge in [-0.1, -0.05) is 43.5 Å². The van der Waals surface area contributed by atoms with Gasteiger partial charge in [0.05, 0.1) is 0 Å². The molecule has 2 N–H and O–H groups in total. The van der Waals surface area contributed by atoms with Crippen LogP contribution in [0, 0.1) is 0 Å². The van der Waals surface area contributed by atoms with E-state index in [1.165, 1.54) is 49.7 Å². The number of nitrogens with one attached hydrogen (secondary N) is 2. The van der Waals surface area contributed by atoms with Gasteiger partial charge < -0.3 is 10.6 Å². The van der Waals surface area contributed by atoms with Gasteiger partial charge in [-0.3, -0.25) is 0 Å². The van der Waals surface area contributed by atoms with Crippen molar-refractivity contribution in [3.05, 3.63) is 35.4 Å².